The summed E-state index contributed by atoms with van der Waals surface area (Å²) in [7, 11) is 0. The molecule has 0 radical (unpaired) electrons. The molecule has 0 aliphatic heterocycles. The lowest BCUT2D eigenvalue weighted by atomic mass is 10.1. The maximum absolute atomic E-state index is 5.51. The highest BCUT2D eigenvalue weighted by Gasteiger charge is 2.09. The van der Waals surface area contributed by atoms with Crippen molar-refractivity contribution in [1.29, 1.82) is 0 Å². The molecule has 0 rings (SSSR count). The van der Waals surface area contributed by atoms with E-state index in [0.717, 1.165) is 0 Å². The van der Waals surface area contributed by atoms with Crippen LogP contribution in [-0.4, -0.2) is 18.9 Å². The predicted molar refractivity (Wildman–Crippen MR) is 33.8 cm³/mol. The fraction of sp³-hybridized carbons (Fsp3) is 0.800. The Morgan fingerprint density at radius 3 is 2.38 bits per heavy atom. The van der Waals surface area contributed by atoms with Crippen molar-refractivity contribution < 1.29 is 4.84 Å². The second-order valence-electron chi connectivity index (χ2n) is 2.39. The molecule has 0 unspecified atom stereocenters. The van der Waals surface area contributed by atoms with Crippen LogP contribution in [0.4, 0.5) is 0 Å². The number of oxime groups is 1. The third-order valence-electron chi connectivity index (χ3n) is 0.528. The first-order valence-corrected chi connectivity index (χ1v) is 2.43. The molecule has 0 aliphatic rings. The molecule has 3 heteroatoms. The largest absolute Gasteiger partial charge is 0.394 e. The van der Waals surface area contributed by atoms with Crippen LogP contribution >= 0.6 is 0 Å². The van der Waals surface area contributed by atoms with Crippen LogP contribution in [0.2, 0.25) is 0 Å². The van der Waals surface area contributed by atoms with Crippen LogP contribution in [0.15, 0.2) is 5.16 Å². The highest BCUT2D eigenvalue weighted by atomic mass is 16.6. The van der Waals surface area contributed by atoms with E-state index in [1.54, 1.807) is 0 Å². The normalized spacial score (nSPS) is 10.9. The Morgan fingerprint density at radius 1 is 1.75 bits per heavy atom. The van der Waals surface area contributed by atoms with Gasteiger partial charge in [-0.1, -0.05) is 0 Å². The van der Waals surface area contributed by atoms with Gasteiger partial charge in [0.05, 0.1) is 0 Å². The molecule has 0 atom stereocenters. The van der Waals surface area contributed by atoms with Crippen LogP contribution in [0.1, 0.15) is 13.8 Å². The maximum Gasteiger partial charge on any atom is 0.134 e. The van der Waals surface area contributed by atoms with E-state index >= 15 is 0 Å². The summed E-state index contributed by atoms with van der Waals surface area (Å²) in [6.07, 6.45) is 0. The first-order valence-electron chi connectivity index (χ1n) is 2.43. The van der Waals surface area contributed by atoms with Gasteiger partial charge in [0.25, 0.3) is 0 Å². The minimum atomic E-state index is -0.304. The molecule has 48 valence electrons. The summed E-state index contributed by atoms with van der Waals surface area (Å²) in [4.78, 5) is 4.59. The van der Waals surface area contributed by atoms with E-state index in [0.29, 0.717) is 6.61 Å². The molecular weight excluding hydrogens is 104 g/mol. The SMILES string of the molecule is C=NOCC(C)(C)N. The van der Waals surface area contributed by atoms with Gasteiger partial charge in [0.1, 0.15) is 6.61 Å². The standard InChI is InChI=1S/C5H12N2O/c1-5(2,6)4-8-7-3/h3-4,6H2,1-2H3. The molecule has 0 bridgehead atoms. The fourth-order valence-corrected chi connectivity index (χ4v) is 0.212. The van der Waals surface area contributed by atoms with Crippen molar-refractivity contribution in [3.05, 3.63) is 0 Å². The Bertz CT molecular complexity index is 75.0. The monoisotopic (exact) mass is 116 g/mol. The molecule has 2 N–H and O–H groups in total. The average molecular weight is 116 g/mol. The summed E-state index contributed by atoms with van der Waals surface area (Å²) in [5.41, 5.74) is 5.20. The third-order valence-corrected chi connectivity index (χ3v) is 0.528. The van der Waals surface area contributed by atoms with E-state index in [1.165, 1.54) is 0 Å². The summed E-state index contributed by atoms with van der Waals surface area (Å²) < 4.78 is 0. The molecule has 0 aliphatic carbocycles. The molecule has 0 fully saturated rings. The van der Waals surface area contributed by atoms with Crippen LogP contribution in [0.3, 0.4) is 0 Å². The molecule has 0 spiro atoms. The molecule has 3 nitrogen and oxygen atoms in total. The zero-order valence-corrected chi connectivity index (χ0v) is 5.35. The van der Waals surface area contributed by atoms with Gasteiger partial charge in [-0.25, -0.2) is 0 Å². The molecule has 0 heterocycles. The number of rotatable bonds is 3. The van der Waals surface area contributed by atoms with Crippen LogP contribution in [0.25, 0.3) is 0 Å². The Morgan fingerprint density at radius 2 is 2.25 bits per heavy atom. The molecule has 0 amide bonds. The Hall–Kier alpha value is -0.570. The van der Waals surface area contributed by atoms with Crippen molar-refractivity contribution in [2.45, 2.75) is 19.4 Å². The zero-order chi connectivity index (χ0) is 6.62. The molecule has 0 saturated heterocycles. The minimum Gasteiger partial charge on any atom is -0.394 e. The zero-order valence-electron chi connectivity index (χ0n) is 5.35. The molecule has 0 aromatic carbocycles. The van der Waals surface area contributed by atoms with Crippen molar-refractivity contribution in [2.75, 3.05) is 6.61 Å². The summed E-state index contributed by atoms with van der Waals surface area (Å²) in [5, 5.41) is 3.19. The molecule has 8 heavy (non-hydrogen) atoms. The number of hydrogen-bond donors (Lipinski definition) is 1. The van der Waals surface area contributed by atoms with Crippen molar-refractivity contribution in [1.82, 2.24) is 0 Å². The van der Waals surface area contributed by atoms with Gasteiger partial charge < -0.3 is 10.6 Å². The highest BCUT2D eigenvalue weighted by Crippen LogP contribution is 1.95. The van der Waals surface area contributed by atoms with Gasteiger partial charge in [0.15, 0.2) is 0 Å². The van der Waals surface area contributed by atoms with Gasteiger partial charge in [0, 0.05) is 12.3 Å². The lowest BCUT2D eigenvalue weighted by Gasteiger charge is -2.14. The van der Waals surface area contributed by atoms with Crippen LogP contribution in [0, 0.1) is 0 Å². The third kappa shape index (κ3) is 5.43. The number of nitrogens with zero attached hydrogens (tertiary/aromatic N) is 1. The van der Waals surface area contributed by atoms with Crippen LogP contribution in [-0.2, 0) is 4.84 Å². The van der Waals surface area contributed by atoms with E-state index in [2.05, 4.69) is 16.7 Å². The minimum absolute atomic E-state index is 0.304. The Labute approximate surface area is 49.5 Å². The smallest absolute Gasteiger partial charge is 0.134 e. The van der Waals surface area contributed by atoms with Crippen LogP contribution < -0.4 is 5.73 Å². The average Bonchev–Trinajstić information content (AvgIpc) is 1.59. The summed E-state index contributed by atoms with van der Waals surface area (Å²) in [6, 6.07) is 0. The molecule has 0 aromatic heterocycles. The number of nitrogens with two attached hydrogens (primary N) is 1. The topological polar surface area (TPSA) is 47.6 Å². The van der Waals surface area contributed by atoms with Gasteiger partial charge in [-0.15, -0.1) is 5.16 Å². The van der Waals surface area contributed by atoms with E-state index in [4.69, 9.17) is 5.73 Å². The second-order valence-corrected chi connectivity index (χ2v) is 2.39. The highest BCUT2D eigenvalue weighted by molar-refractivity contribution is 5.21. The molecular formula is C5H12N2O. The van der Waals surface area contributed by atoms with Crippen molar-refractivity contribution >= 4 is 6.72 Å². The van der Waals surface area contributed by atoms with Crippen molar-refractivity contribution in [3.63, 3.8) is 0 Å². The lowest BCUT2D eigenvalue weighted by molar-refractivity contribution is 0.107. The van der Waals surface area contributed by atoms with Crippen LogP contribution in [0.5, 0.6) is 0 Å². The summed E-state index contributed by atoms with van der Waals surface area (Å²) in [5.74, 6) is 0. The molecule has 0 aromatic rings. The quantitative estimate of drug-likeness (QED) is 0.427. The Balaban J connectivity index is 3.24. The number of hydrogen-bond acceptors (Lipinski definition) is 3. The predicted octanol–water partition coefficient (Wildman–Crippen LogP) is 0.356. The van der Waals surface area contributed by atoms with Gasteiger partial charge in [-0.2, -0.15) is 0 Å². The van der Waals surface area contributed by atoms with Gasteiger partial charge in [0.2, 0.25) is 0 Å². The van der Waals surface area contributed by atoms with Gasteiger partial charge in [-0.3, -0.25) is 0 Å². The fourth-order valence-electron chi connectivity index (χ4n) is 0.212. The van der Waals surface area contributed by atoms with E-state index in [9.17, 15) is 0 Å². The van der Waals surface area contributed by atoms with E-state index in [1.807, 2.05) is 13.8 Å². The van der Waals surface area contributed by atoms with Gasteiger partial charge >= 0.3 is 0 Å². The first kappa shape index (κ1) is 7.43. The Kier molecular flexibility index (Phi) is 2.48. The summed E-state index contributed by atoms with van der Waals surface area (Å²) >= 11 is 0. The van der Waals surface area contributed by atoms with Crippen molar-refractivity contribution in [3.8, 4) is 0 Å². The molecule has 0 saturated carbocycles. The van der Waals surface area contributed by atoms with E-state index in [-0.39, 0.29) is 5.54 Å². The van der Waals surface area contributed by atoms with Gasteiger partial charge in [-0.05, 0) is 13.8 Å². The maximum atomic E-state index is 5.51. The first-order chi connectivity index (χ1) is 3.56. The second kappa shape index (κ2) is 2.67. The lowest BCUT2D eigenvalue weighted by Crippen LogP contribution is -2.36. The summed E-state index contributed by atoms with van der Waals surface area (Å²) in [6.45, 7) is 7.27. The van der Waals surface area contributed by atoms with E-state index < -0.39 is 0 Å². The van der Waals surface area contributed by atoms with Crippen molar-refractivity contribution in [2.24, 2.45) is 10.9 Å².